The number of imidazole rings is 1. The van der Waals surface area contributed by atoms with Gasteiger partial charge in [0.1, 0.15) is 11.8 Å². The first-order valence-electron chi connectivity index (χ1n) is 12.8. The largest absolute Gasteiger partial charge is 0.456 e. The molecule has 3 heterocycles. The molecule has 0 unspecified atom stereocenters. The molecule has 4 atom stereocenters. The number of nitrogens with two attached hydrogens (primary N) is 1. The van der Waals surface area contributed by atoms with Crippen molar-refractivity contribution >= 4 is 57.6 Å². The number of halogens is 1. The fourth-order valence-corrected chi connectivity index (χ4v) is 10.6. The predicted molar refractivity (Wildman–Crippen MR) is 155 cm³/mol. The van der Waals surface area contributed by atoms with E-state index in [9.17, 15) is 4.79 Å². The van der Waals surface area contributed by atoms with E-state index in [0.717, 1.165) is 0 Å². The maximum atomic E-state index is 12.1. The van der Waals surface area contributed by atoms with E-state index < -0.39 is 32.7 Å². The summed E-state index contributed by atoms with van der Waals surface area (Å²) in [6.45, 7) is 8.35. The third-order valence-electron chi connectivity index (χ3n) is 7.11. The highest BCUT2D eigenvalue weighted by Gasteiger charge is 2.53. The topological polar surface area (TPSA) is 114 Å². The summed E-state index contributed by atoms with van der Waals surface area (Å²) in [5.41, 5.74) is 6.96. The normalized spacial score (nSPS) is 21.8. The third-order valence-corrected chi connectivity index (χ3v) is 13.2. The Kier molecular flexibility index (Phi) is 7.60. The van der Waals surface area contributed by atoms with Crippen molar-refractivity contribution in [2.24, 2.45) is 0 Å². The minimum absolute atomic E-state index is 0.195. The molecule has 9 nitrogen and oxygen atoms in total. The monoisotopic (exact) mass is 609 g/mol. The van der Waals surface area contributed by atoms with Gasteiger partial charge in [-0.1, -0.05) is 97.4 Å². The van der Waals surface area contributed by atoms with Gasteiger partial charge in [-0.25, -0.2) is 15.0 Å². The molecule has 0 saturated carbocycles. The van der Waals surface area contributed by atoms with E-state index in [1.54, 1.807) is 10.9 Å². The number of carbonyl (C=O) groups excluding carboxylic acids is 1. The van der Waals surface area contributed by atoms with Crippen molar-refractivity contribution in [3.05, 3.63) is 73.3 Å². The Bertz CT molecular complexity index is 1410. The van der Waals surface area contributed by atoms with Gasteiger partial charge < -0.3 is 19.6 Å². The molecule has 11 heteroatoms. The molecule has 2 N–H and O–H groups in total. The Morgan fingerprint density at radius 3 is 2.23 bits per heavy atom. The van der Waals surface area contributed by atoms with Crippen molar-refractivity contribution < 1.29 is 18.7 Å². The van der Waals surface area contributed by atoms with Crippen LogP contribution in [0.3, 0.4) is 0 Å². The fourth-order valence-electron chi connectivity index (χ4n) is 5.40. The summed E-state index contributed by atoms with van der Waals surface area (Å²) in [5.74, 6) is -0.145. The first-order valence-corrected chi connectivity index (χ1v) is 15.6. The zero-order valence-electron chi connectivity index (χ0n) is 22.3. The average molecular weight is 611 g/mol. The van der Waals surface area contributed by atoms with Crippen molar-refractivity contribution in [1.82, 2.24) is 19.5 Å². The maximum Gasteiger partial charge on any atom is 0.303 e. The van der Waals surface area contributed by atoms with Crippen LogP contribution in [0.15, 0.2) is 73.3 Å². The minimum Gasteiger partial charge on any atom is -0.456 e. The summed E-state index contributed by atoms with van der Waals surface area (Å²) < 4.78 is 21.2. The summed E-state index contributed by atoms with van der Waals surface area (Å²) >= 11 is 3.78. The van der Waals surface area contributed by atoms with Crippen molar-refractivity contribution in [2.75, 3.05) is 12.3 Å². The first-order chi connectivity index (χ1) is 18.6. The van der Waals surface area contributed by atoms with E-state index in [1.165, 1.54) is 23.6 Å². The van der Waals surface area contributed by atoms with Gasteiger partial charge in [-0.05, 0) is 15.4 Å². The number of fused-ring (bicyclic) bond motifs is 1. The summed E-state index contributed by atoms with van der Waals surface area (Å²) in [6.07, 6.45) is 1.19. The molecule has 0 aliphatic carbocycles. The zero-order chi connectivity index (χ0) is 27.8. The number of alkyl halides is 1. The number of esters is 1. The number of carbonyl (C=O) groups is 1. The van der Waals surface area contributed by atoms with Crippen LogP contribution >= 0.6 is 15.9 Å². The second kappa shape index (κ2) is 10.8. The molecular weight excluding hydrogens is 578 g/mol. The smallest absolute Gasteiger partial charge is 0.303 e. The fraction of sp³-hybridized carbons (Fsp3) is 0.357. The number of nitrogen functional groups attached to an aromatic ring is 1. The van der Waals surface area contributed by atoms with Gasteiger partial charge in [0.15, 0.2) is 23.8 Å². The highest BCUT2D eigenvalue weighted by atomic mass is 79.9. The number of aromatic nitrogens is 4. The molecule has 0 amide bonds. The Balaban J connectivity index is 1.52. The zero-order valence-corrected chi connectivity index (χ0v) is 24.9. The highest BCUT2D eigenvalue weighted by molar-refractivity contribution is 9.09. The highest BCUT2D eigenvalue weighted by Crippen LogP contribution is 2.41. The van der Waals surface area contributed by atoms with Crippen LogP contribution < -0.4 is 16.1 Å². The molecule has 1 saturated heterocycles. The molecule has 1 aliphatic heterocycles. The molecule has 39 heavy (non-hydrogen) atoms. The Labute approximate surface area is 237 Å². The lowest BCUT2D eigenvalue weighted by molar-refractivity contribution is -0.152. The van der Waals surface area contributed by atoms with Crippen molar-refractivity contribution in [3.63, 3.8) is 0 Å². The lowest BCUT2D eigenvalue weighted by Gasteiger charge is -2.43. The Hall–Kier alpha value is -3.12. The van der Waals surface area contributed by atoms with E-state index >= 15 is 0 Å². The van der Waals surface area contributed by atoms with Crippen molar-refractivity contribution in [2.45, 2.75) is 56.0 Å². The second-order valence-electron chi connectivity index (χ2n) is 10.6. The number of nitrogens with zero attached hydrogens (tertiary/aromatic N) is 4. The van der Waals surface area contributed by atoms with Gasteiger partial charge in [0, 0.05) is 6.92 Å². The number of anilines is 1. The number of hydrogen-bond donors (Lipinski definition) is 1. The first kappa shape index (κ1) is 27.4. The SMILES string of the molecule is CC(=O)O[C@H]1[C@@H](Br)[C@@H](CO[Si](c2ccccc2)(c2ccccc2)C(C)(C)C)O[C@H]1n1cnc2c(N)ncnc21. The molecule has 0 spiro atoms. The van der Waals surface area contributed by atoms with Crippen LogP contribution in [0.2, 0.25) is 5.04 Å². The minimum atomic E-state index is -2.80. The van der Waals surface area contributed by atoms with Crippen LogP contribution in [0.4, 0.5) is 5.82 Å². The molecular formula is C28H32BrN5O4Si. The van der Waals surface area contributed by atoms with Crippen LogP contribution in [0.25, 0.3) is 11.2 Å². The van der Waals surface area contributed by atoms with E-state index in [0.29, 0.717) is 11.2 Å². The predicted octanol–water partition coefficient (Wildman–Crippen LogP) is 3.58. The van der Waals surface area contributed by atoms with E-state index in [-0.39, 0.29) is 22.3 Å². The quantitative estimate of drug-likeness (QED) is 0.192. The molecule has 4 aromatic rings. The van der Waals surface area contributed by atoms with Gasteiger partial charge in [-0.3, -0.25) is 9.36 Å². The van der Waals surface area contributed by atoms with Crippen LogP contribution in [-0.2, 0) is 18.7 Å². The lowest BCUT2D eigenvalue weighted by Crippen LogP contribution is -2.67. The van der Waals surface area contributed by atoms with Gasteiger partial charge >= 0.3 is 5.97 Å². The molecule has 204 valence electrons. The van der Waals surface area contributed by atoms with Crippen molar-refractivity contribution in [3.8, 4) is 0 Å². The van der Waals surface area contributed by atoms with Gasteiger partial charge in [0.2, 0.25) is 0 Å². The van der Waals surface area contributed by atoms with Gasteiger partial charge in [-0.2, -0.15) is 0 Å². The van der Waals surface area contributed by atoms with Crippen LogP contribution in [0, 0.1) is 0 Å². The summed E-state index contributed by atoms with van der Waals surface area (Å²) in [6, 6.07) is 20.9. The molecule has 0 radical (unpaired) electrons. The summed E-state index contributed by atoms with van der Waals surface area (Å²) in [4.78, 5) is 24.5. The molecule has 5 rings (SSSR count). The molecule has 2 aromatic carbocycles. The van der Waals surface area contributed by atoms with E-state index in [2.05, 4.69) is 100 Å². The standard InChI is InChI=1S/C28H32BrN5O4Si/c1-18(35)37-24-22(29)21(38-27(24)34-17-33-23-25(30)31-16-32-26(23)34)15-36-39(28(2,3)4,19-11-7-5-8-12-19)20-13-9-6-10-14-20/h5-14,16-17,21-22,24,27H,15H2,1-4H3,(H2,30,31,32)/t21-,22+,24+,27-/m1/s1. The number of hydrogen-bond acceptors (Lipinski definition) is 8. The lowest BCUT2D eigenvalue weighted by atomic mass is 10.2. The number of rotatable bonds is 7. The third kappa shape index (κ3) is 4.99. The summed E-state index contributed by atoms with van der Waals surface area (Å²) in [7, 11) is -2.80. The maximum absolute atomic E-state index is 12.1. The van der Waals surface area contributed by atoms with Crippen molar-refractivity contribution in [1.29, 1.82) is 0 Å². The van der Waals surface area contributed by atoms with Gasteiger partial charge in [0.05, 0.1) is 23.9 Å². The summed E-state index contributed by atoms with van der Waals surface area (Å²) in [5, 5.41) is 2.15. The second-order valence-corrected chi connectivity index (χ2v) is 16.0. The molecule has 2 aromatic heterocycles. The van der Waals surface area contributed by atoms with E-state index in [4.69, 9.17) is 19.6 Å². The molecule has 1 fully saturated rings. The number of ether oxygens (including phenoxy) is 2. The van der Waals surface area contributed by atoms with Gasteiger partial charge in [-0.15, -0.1) is 0 Å². The Morgan fingerprint density at radius 1 is 1.05 bits per heavy atom. The average Bonchev–Trinajstić information content (AvgIpc) is 3.47. The number of benzene rings is 2. The Morgan fingerprint density at radius 2 is 1.67 bits per heavy atom. The van der Waals surface area contributed by atoms with Crippen LogP contribution in [0.1, 0.15) is 33.9 Å². The molecule has 0 bridgehead atoms. The van der Waals surface area contributed by atoms with E-state index in [1.807, 2.05) is 12.1 Å². The van der Waals surface area contributed by atoms with Crippen LogP contribution in [-0.4, -0.2) is 57.4 Å². The van der Waals surface area contributed by atoms with Gasteiger partial charge in [0.25, 0.3) is 8.32 Å². The van der Waals surface area contributed by atoms with Crippen LogP contribution in [0.5, 0.6) is 0 Å². The molecule has 1 aliphatic rings.